The quantitative estimate of drug-likeness (QED) is 0.0301. The number of methoxy groups -OCH3 is 2. The molecule has 0 fully saturated rings. The standard InChI is InChI=1S/C43H57N6O8P/c1-30(2)49(31(3)4)58(56-26-14-25-44)57-28-39(54-29-48-41(50)32(5)40(46-42(48)51)45-33(6)47(7)8)27-55-43(34-15-12-11-13-16-34,35-17-21-37(52-9)22-18-35)36-19-23-38(53-10)24-20-36/h11-13,15-24,30-31,39H,14,26-29H2,1-10H3,(H,46,51)/b45-33+/t39-,58?/m1/s1. The lowest BCUT2D eigenvalue weighted by Gasteiger charge is -2.38. The summed E-state index contributed by atoms with van der Waals surface area (Å²) in [4.78, 5) is 36.0. The van der Waals surface area contributed by atoms with Crippen LogP contribution in [0.4, 0.5) is 5.82 Å². The Morgan fingerprint density at radius 3 is 1.91 bits per heavy atom. The van der Waals surface area contributed by atoms with E-state index < -0.39 is 38.2 Å². The third-order valence-corrected chi connectivity index (χ3v) is 11.5. The minimum atomic E-state index is -1.67. The van der Waals surface area contributed by atoms with E-state index in [1.54, 1.807) is 33.0 Å². The number of aromatic amines is 1. The molecule has 0 aliphatic heterocycles. The van der Waals surface area contributed by atoms with Crippen molar-refractivity contribution in [2.75, 3.05) is 48.1 Å². The van der Waals surface area contributed by atoms with Gasteiger partial charge >= 0.3 is 5.69 Å². The van der Waals surface area contributed by atoms with Crippen molar-refractivity contribution in [3.05, 3.63) is 122 Å². The fourth-order valence-corrected chi connectivity index (χ4v) is 7.86. The average molecular weight is 817 g/mol. The Balaban J connectivity index is 1.82. The lowest BCUT2D eigenvalue weighted by atomic mass is 9.80. The summed E-state index contributed by atoms with van der Waals surface area (Å²) < 4.78 is 40.5. The summed E-state index contributed by atoms with van der Waals surface area (Å²) in [5, 5.41) is 9.27. The summed E-state index contributed by atoms with van der Waals surface area (Å²) in [5.74, 6) is 2.15. The van der Waals surface area contributed by atoms with Crippen LogP contribution in [0.25, 0.3) is 0 Å². The van der Waals surface area contributed by atoms with Gasteiger partial charge in [-0.25, -0.2) is 19.0 Å². The number of hydrogen-bond donors (Lipinski definition) is 1. The number of nitriles is 1. The van der Waals surface area contributed by atoms with E-state index in [1.807, 2.05) is 93.0 Å². The van der Waals surface area contributed by atoms with Gasteiger partial charge in [-0.15, -0.1) is 0 Å². The summed E-state index contributed by atoms with van der Waals surface area (Å²) in [7, 11) is 5.21. The van der Waals surface area contributed by atoms with Crippen molar-refractivity contribution >= 4 is 20.2 Å². The summed E-state index contributed by atoms with van der Waals surface area (Å²) in [6.07, 6.45) is -0.650. The molecule has 2 atom stereocenters. The van der Waals surface area contributed by atoms with E-state index in [0.717, 1.165) is 21.3 Å². The van der Waals surface area contributed by atoms with Gasteiger partial charge in [-0.2, -0.15) is 5.26 Å². The zero-order valence-corrected chi connectivity index (χ0v) is 36.1. The maximum Gasteiger partial charge on any atom is 0.331 e. The van der Waals surface area contributed by atoms with Gasteiger partial charge in [0.25, 0.3) is 14.1 Å². The summed E-state index contributed by atoms with van der Waals surface area (Å²) in [6, 6.07) is 27.4. The van der Waals surface area contributed by atoms with Crippen molar-refractivity contribution in [3.8, 4) is 17.6 Å². The molecule has 0 spiro atoms. The smallest absolute Gasteiger partial charge is 0.331 e. The number of rotatable bonds is 21. The largest absolute Gasteiger partial charge is 0.497 e. The van der Waals surface area contributed by atoms with Gasteiger partial charge in [-0.05, 0) is 82.5 Å². The molecule has 0 bridgehead atoms. The molecule has 0 saturated heterocycles. The monoisotopic (exact) mass is 816 g/mol. The number of aliphatic imine (C=N–C) groups is 1. The topological polar surface area (TPSA) is 153 Å². The third kappa shape index (κ3) is 11.4. The van der Waals surface area contributed by atoms with Gasteiger partial charge in [-0.1, -0.05) is 54.6 Å². The van der Waals surface area contributed by atoms with Gasteiger partial charge in [0.1, 0.15) is 41.6 Å². The van der Waals surface area contributed by atoms with E-state index in [4.69, 9.17) is 28.0 Å². The molecule has 15 heteroatoms. The van der Waals surface area contributed by atoms with Crippen LogP contribution in [0.5, 0.6) is 11.5 Å². The number of benzene rings is 3. The molecule has 3 aromatic carbocycles. The second kappa shape index (κ2) is 21.8. The Hall–Kier alpha value is -4.87. The number of ether oxygens (including phenoxy) is 4. The highest BCUT2D eigenvalue weighted by Gasteiger charge is 2.39. The maximum absolute atomic E-state index is 13.7. The predicted octanol–water partition coefficient (Wildman–Crippen LogP) is 7.12. The van der Waals surface area contributed by atoms with E-state index in [-0.39, 0.29) is 49.7 Å². The van der Waals surface area contributed by atoms with Crippen LogP contribution in [0.15, 0.2) is 93.4 Å². The molecule has 1 aromatic heterocycles. The molecule has 0 saturated carbocycles. The first-order chi connectivity index (χ1) is 27.8. The highest BCUT2D eigenvalue weighted by atomic mass is 31.2. The molecule has 0 amide bonds. The lowest BCUT2D eigenvalue weighted by Crippen LogP contribution is -2.41. The molecule has 1 heterocycles. The van der Waals surface area contributed by atoms with Gasteiger partial charge < -0.3 is 32.9 Å². The molecule has 14 nitrogen and oxygen atoms in total. The van der Waals surface area contributed by atoms with E-state index >= 15 is 0 Å². The lowest BCUT2D eigenvalue weighted by molar-refractivity contribution is -0.0967. The first kappa shape index (κ1) is 45.8. The van der Waals surface area contributed by atoms with Crippen LogP contribution in [0, 0.1) is 18.3 Å². The highest BCUT2D eigenvalue weighted by molar-refractivity contribution is 7.44. The predicted molar refractivity (Wildman–Crippen MR) is 227 cm³/mol. The van der Waals surface area contributed by atoms with E-state index in [1.165, 1.54) is 0 Å². The van der Waals surface area contributed by atoms with Gasteiger partial charge in [-0.3, -0.25) is 9.78 Å². The molecule has 0 aliphatic rings. The van der Waals surface area contributed by atoms with Crippen LogP contribution in [0.3, 0.4) is 0 Å². The third-order valence-electron chi connectivity index (χ3n) is 9.44. The molecule has 312 valence electrons. The molecule has 4 aromatic rings. The Kier molecular flexibility index (Phi) is 17.2. The van der Waals surface area contributed by atoms with E-state index in [0.29, 0.717) is 17.3 Å². The first-order valence-electron chi connectivity index (χ1n) is 19.1. The number of nitrogens with one attached hydrogen (secondary N) is 1. The van der Waals surface area contributed by atoms with Gasteiger partial charge in [0.15, 0.2) is 0 Å². The number of aromatic nitrogens is 2. The number of amidine groups is 1. The van der Waals surface area contributed by atoms with Gasteiger partial charge in [0.2, 0.25) is 0 Å². The maximum atomic E-state index is 13.7. The first-order valence-corrected chi connectivity index (χ1v) is 20.3. The Morgan fingerprint density at radius 2 is 1.41 bits per heavy atom. The fraction of sp³-hybridized carbons (Fsp3) is 0.442. The molecule has 0 aliphatic carbocycles. The number of nitrogens with zero attached hydrogens (tertiary/aromatic N) is 5. The summed E-state index contributed by atoms with van der Waals surface area (Å²) in [5.41, 5.74) is 0.308. The Labute approximate surface area is 342 Å². The second-order valence-electron chi connectivity index (χ2n) is 14.3. The van der Waals surface area contributed by atoms with E-state index in [2.05, 4.69) is 48.4 Å². The van der Waals surface area contributed by atoms with Crippen LogP contribution in [0.2, 0.25) is 0 Å². The minimum absolute atomic E-state index is 0.0413. The summed E-state index contributed by atoms with van der Waals surface area (Å²) in [6.45, 7) is 11.3. The normalized spacial score (nSPS) is 13.1. The molecule has 1 N–H and O–H groups in total. The van der Waals surface area contributed by atoms with Crippen molar-refractivity contribution in [1.29, 1.82) is 5.26 Å². The molecule has 4 rings (SSSR count). The van der Waals surface area contributed by atoms with Crippen LogP contribution >= 0.6 is 8.53 Å². The molecule has 58 heavy (non-hydrogen) atoms. The zero-order chi connectivity index (χ0) is 42.4. The fourth-order valence-electron chi connectivity index (χ4n) is 6.23. The minimum Gasteiger partial charge on any atom is -0.497 e. The number of H-pyrrole nitrogens is 1. The van der Waals surface area contributed by atoms with Gasteiger partial charge in [0.05, 0.1) is 52.1 Å². The molecule has 0 radical (unpaired) electrons. The molecule has 1 unspecified atom stereocenters. The van der Waals surface area contributed by atoms with Crippen LogP contribution in [0.1, 0.15) is 63.3 Å². The van der Waals surface area contributed by atoms with Crippen molar-refractivity contribution in [2.45, 2.75) is 78.5 Å². The second-order valence-corrected chi connectivity index (χ2v) is 15.7. The van der Waals surface area contributed by atoms with Crippen LogP contribution < -0.4 is 20.7 Å². The summed E-state index contributed by atoms with van der Waals surface area (Å²) >= 11 is 0. The van der Waals surface area contributed by atoms with Crippen LogP contribution in [-0.2, 0) is 30.9 Å². The Morgan fingerprint density at radius 1 is 0.862 bits per heavy atom. The van der Waals surface area contributed by atoms with E-state index in [9.17, 15) is 14.9 Å². The van der Waals surface area contributed by atoms with Crippen molar-refractivity contribution in [1.82, 2.24) is 19.1 Å². The highest BCUT2D eigenvalue weighted by Crippen LogP contribution is 2.47. The van der Waals surface area contributed by atoms with Crippen LogP contribution in [-0.4, -0.2) is 91.3 Å². The van der Waals surface area contributed by atoms with Crippen molar-refractivity contribution in [2.24, 2.45) is 4.99 Å². The Bertz CT molecular complexity index is 2020. The number of hydrogen-bond acceptors (Lipinski definition) is 11. The van der Waals surface area contributed by atoms with Crippen molar-refractivity contribution < 1.29 is 28.0 Å². The average Bonchev–Trinajstić information content (AvgIpc) is 3.21. The molecular formula is C43H57N6O8P. The SMILES string of the molecule is COc1ccc(C(OC[C@H](COP(OCCC#N)N(C(C)C)C(C)C)OCn2c(=O)[nH]c(/N=C(\C)N(C)C)c(C)c2=O)(c2ccccc2)c2ccc(OC)cc2)cc1. The molecular weight excluding hydrogens is 759 g/mol. The van der Waals surface area contributed by atoms with Gasteiger partial charge in [0, 0.05) is 26.2 Å². The van der Waals surface area contributed by atoms with Crippen molar-refractivity contribution in [3.63, 3.8) is 0 Å². The zero-order valence-electron chi connectivity index (χ0n) is 35.2.